The topological polar surface area (TPSA) is 89.7 Å². The van der Waals surface area contributed by atoms with Gasteiger partial charge in [0, 0.05) is 11.9 Å². The molecule has 1 aliphatic carbocycles. The van der Waals surface area contributed by atoms with Crippen molar-refractivity contribution in [3.8, 4) is 6.07 Å². The number of benzene rings is 1. The van der Waals surface area contributed by atoms with Gasteiger partial charge in [-0.2, -0.15) is 23.5 Å². The summed E-state index contributed by atoms with van der Waals surface area (Å²) in [5, 5.41) is 17.4. The molecular formula is C24H25F3N6O. The summed E-state index contributed by atoms with van der Waals surface area (Å²) < 4.78 is 43.2. The van der Waals surface area contributed by atoms with Gasteiger partial charge in [0.15, 0.2) is 5.82 Å². The summed E-state index contributed by atoms with van der Waals surface area (Å²) >= 11 is 0. The molecule has 2 N–H and O–H groups in total. The molecule has 2 atom stereocenters. The normalized spacial score (nSPS) is 18.6. The molecule has 0 bridgehead atoms. The summed E-state index contributed by atoms with van der Waals surface area (Å²) in [6.45, 7) is 0.864. The number of halogens is 3. The summed E-state index contributed by atoms with van der Waals surface area (Å²) in [6, 6.07) is 8.34. The minimum atomic E-state index is -4.36. The number of anilines is 2. The maximum absolute atomic E-state index is 13.8. The molecule has 178 valence electrons. The number of rotatable bonds is 7. The summed E-state index contributed by atoms with van der Waals surface area (Å²) in [7, 11) is 0. The first-order valence-electron chi connectivity index (χ1n) is 11.5. The number of aromatic amines is 1. The Morgan fingerprint density at radius 2 is 1.88 bits per heavy atom. The van der Waals surface area contributed by atoms with Crippen LogP contribution in [0.2, 0.25) is 0 Å². The fraction of sp³-hybridized carbons (Fsp3) is 0.458. The van der Waals surface area contributed by atoms with Crippen LogP contribution in [0.25, 0.3) is 10.9 Å². The average Bonchev–Trinajstić information content (AvgIpc) is 3.37. The van der Waals surface area contributed by atoms with E-state index >= 15 is 0 Å². The largest absolute Gasteiger partial charge is 0.408 e. The maximum atomic E-state index is 13.8. The molecule has 34 heavy (non-hydrogen) atoms. The van der Waals surface area contributed by atoms with E-state index in [0.29, 0.717) is 41.4 Å². The monoisotopic (exact) mass is 470 g/mol. The summed E-state index contributed by atoms with van der Waals surface area (Å²) in [5.41, 5.74) is 1.03. The molecule has 3 heterocycles. The first-order chi connectivity index (χ1) is 16.4. The van der Waals surface area contributed by atoms with Gasteiger partial charge in [-0.3, -0.25) is 14.4 Å². The molecular weight excluding hydrogens is 445 g/mol. The number of nitriles is 1. The van der Waals surface area contributed by atoms with E-state index < -0.39 is 12.2 Å². The molecule has 7 nitrogen and oxygen atoms in total. The van der Waals surface area contributed by atoms with Crippen LogP contribution in [0.3, 0.4) is 0 Å². The standard InChI is InChI=1S/C24H25F3N6O/c25-24(26,27)21(32-13-1-2-14-32)16-5-7-17(8-6-16)30-22-20-19(10-12-29-23(20)34)33(31-22)18(9-11-28)15-3-4-15/h5-8,10,12,15,18,21H,1-4,9,13-14H2,(H,29,34)(H,30,31). The Morgan fingerprint density at radius 1 is 1.18 bits per heavy atom. The zero-order valence-electron chi connectivity index (χ0n) is 18.5. The zero-order valence-corrected chi connectivity index (χ0v) is 18.5. The molecule has 1 saturated heterocycles. The SMILES string of the molecule is N#CCC(C1CC1)n1nc(Nc2ccc(C(N3CCCC3)C(F)(F)F)cc2)c2c(=O)[nH]ccc21. The molecule has 0 amide bonds. The molecule has 2 aliphatic rings. The number of hydrogen-bond donors (Lipinski definition) is 2. The number of aromatic nitrogens is 3. The highest BCUT2D eigenvalue weighted by Crippen LogP contribution is 2.43. The zero-order chi connectivity index (χ0) is 23.9. The van der Waals surface area contributed by atoms with E-state index in [1.165, 1.54) is 17.0 Å². The van der Waals surface area contributed by atoms with Gasteiger partial charge in [-0.05, 0) is 68.5 Å². The van der Waals surface area contributed by atoms with Crippen molar-refractivity contribution in [2.75, 3.05) is 18.4 Å². The molecule has 1 aliphatic heterocycles. The highest BCUT2D eigenvalue weighted by molar-refractivity contribution is 5.91. The number of nitrogens with one attached hydrogen (secondary N) is 2. The molecule has 0 radical (unpaired) electrons. The van der Waals surface area contributed by atoms with Crippen LogP contribution in [-0.2, 0) is 0 Å². The van der Waals surface area contributed by atoms with E-state index in [2.05, 4.69) is 21.5 Å². The van der Waals surface area contributed by atoms with Crippen LogP contribution in [0.5, 0.6) is 0 Å². The van der Waals surface area contributed by atoms with Gasteiger partial charge in [-0.25, -0.2) is 0 Å². The van der Waals surface area contributed by atoms with Crippen LogP contribution in [0, 0.1) is 17.2 Å². The Labute approximate surface area is 194 Å². The molecule has 1 saturated carbocycles. The second-order valence-electron chi connectivity index (χ2n) is 9.06. The minimum absolute atomic E-state index is 0.125. The van der Waals surface area contributed by atoms with Gasteiger partial charge in [-0.1, -0.05) is 12.1 Å². The maximum Gasteiger partial charge on any atom is 0.408 e. The van der Waals surface area contributed by atoms with E-state index in [1.54, 1.807) is 29.1 Å². The van der Waals surface area contributed by atoms with Gasteiger partial charge >= 0.3 is 6.18 Å². The van der Waals surface area contributed by atoms with Gasteiger partial charge < -0.3 is 10.3 Å². The van der Waals surface area contributed by atoms with Crippen molar-refractivity contribution in [3.05, 3.63) is 52.4 Å². The smallest absolute Gasteiger partial charge is 0.338 e. The summed E-state index contributed by atoms with van der Waals surface area (Å²) in [6.07, 6.45) is 1.04. The predicted octanol–water partition coefficient (Wildman–Crippen LogP) is 5.03. The molecule has 1 aromatic carbocycles. The second-order valence-corrected chi connectivity index (χ2v) is 9.06. The molecule has 2 fully saturated rings. The fourth-order valence-electron chi connectivity index (χ4n) is 4.96. The van der Waals surface area contributed by atoms with Crippen LogP contribution in [0.15, 0.2) is 41.3 Å². The first kappa shape index (κ1) is 22.5. The van der Waals surface area contributed by atoms with Crippen LogP contribution in [0.4, 0.5) is 24.7 Å². The lowest BCUT2D eigenvalue weighted by molar-refractivity contribution is -0.183. The lowest BCUT2D eigenvalue weighted by Crippen LogP contribution is -2.36. The van der Waals surface area contributed by atoms with Crippen molar-refractivity contribution in [1.82, 2.24) is 19.7 Å². The molecule has 5 rings (SSSR count). The van der Waals surface area contributed by atoms with Crippen molar-refractivity contribution in [2.24, 2.45) is 5.92 Å². The fourth-order valence-corrected chi connectivity index (χ4v) is 4.96. The Hall–Kier alpha value is -3.32. The van der Waals surface area contributed by atoms with E-state index in [1.807, 2.05) is 0 Å². The Kier molecular flexibility index (Phi) is 5.81. The van der Waals surface area contributed by atoms with E-state index in [9.17, 15) is 23.2 Å². The van der Waals surface area contributed by atoms with Gasteiger partial charge in [-0.15, -0.1) is 0 Å². The van der Waals surface area contributed by atoms with Gasteiger partial charge in [0.25, 0.3) is 5.56 Å². The van der Waals surface area contributed by atoms with Gasteiger partial charge in [0.2, 0.25) is 0 Å². The first-order valence-corrected chi connectivity index (χ1v) is 11.5. The number of alkyl halides is 3. The Bertz CT molecular complexity index is 1260. The second kappa shape index (κ2) is 8.80. The van der Waals surface area contributed by atoms with Crippen LogP contribution < -0.4 is 10.9 Å². The third-order valence-corrected chi connectivity index (χ3v) is 6.72. The third kappa shape index (κ3) is 4.28. The minimum Gasteiger partial charge on any atom is -0.338 e. The predicted molar refractivity (Wildman–Crippen MR) is 122 cm³/mol. The molecule has 2 unspecified atom stereocenters. The Balaban J connectivity index is 1.47. The number of likely N-dealkylation sites (tertiary alicyclic amines) is 1. The quantitative estimate of drug-likeness (QED) is 0.505. The number of H-pyrrole nitrogens is 1. The highest BCUT2D eigenvalue weighted by atomic mass is 19.4. The Morgan fingerprint density at radius 3 is 2.50 bits per heavy atom. The summed E-state index contributed by atoms with van der Waals surface area (Å²) in [4.78, 5) is 16.8. The number of nitrogens with zero attached hydrogens (tertiary/aromatic N) is 4. The van der Waals surface area contributed by atoms with Crippen molar-refractivity contribution < 1.29 is 13.2 Å². The van der Waals surface area contributed by atoms with E-state index in [4.69, 9.17) is 0 Å². The van der Waals surface area contributed by atoms with Crippen LogP contribution >= 0.6 is 0 Å². The van der Waals surface area contributed by atoms with Crippen LogP contribution in [0.1, 0.15) is 49.8 Å². The van der Waals surface area contributed by atoms with Crippen LogP contribution in [-0.4, -0.2) is 38.9 Å². The summed E-state index contributed by atoms with van der Waals surface area (Å²) in [5.74, 6) is 0.666. The van der Waals surface area contributed by atoms with Crippen molar-refractivity contribution >= 4 is 22.4 Å². The van der Waals surface area contributed by atoms with E-state index in [0.717, 1.165) is 25.7 Å². The highest BCUT2D eigenvalue weighted by Gasteiger charge is 2.45. The van der Waals surface area contributed by atoms with Crippen molar-refractivity contribution in [3.63, 3.8) is 0 Å². The number of hydrogen-bond acceptors (Lipinski definition) is 5. The molecule has 10 heteroatoms. The molecule has 2 aromatic heterocycles. The number of pyridine rings is 1. The lowest BCUT2D eigenvalue weighted by atomic mass is 10.0. The third-order valence-electron chi connectivity index (χ3n) is 6.72. The van der Waals surface area contributed by atoms with Crippen molar-refractivity contribution in [1.29, 1.82) is 5.26 Å². The molecule has 3 aromatic rings. The van der Waals surface area contributed by atoms with Crippen molar-refractivity contribution in [2.45, 2.75) is 50.4 Å². The molecule has 0 spiro atoms. The van der Waals surface area contributed by atoms with Gasteiger partial charge in [0.05, 0.1) is 24.0 Å². The average molecular weight is 470 g/mol. The van der Waals surface area contributed by atoms with E-state index in [-0.39, 0.29) is 23.6 Å². The number of fused-ring (bicyclic) bond motifs is 1. The van der Waals surface area contributed by atoms with Gasteiger partial charge in [0.1, 0.15) is 11.4 Å². The lowest BCUT2D eigenvalue weighted by Gasteiger charge is -2.29.